The van der Waals surface area contributed by atoms with Gasteiger partial charge < -0.3 is 14.6 Å². The van der Waals surface area contributed by atoms with E-state index in [1.165, 1.54) is 10.5 Å². The molecule has 0 aromatic heterocycles. The van der Waals surface area contributed by atoms with Crippen molar-refractivity contribution in [3.63, 3.8) is 0 Å². The van der Waals surface area contributed by atoms with Crippen molar-refractivity contribution in [1.82, 2.24) is 0 Å². The number of imide groups is 1. The molecule has 2 heterocycles. The van der Waals surface area contributed by atoms with Crippen molar-refractivity contribution in [2.24, 2.45) is 17.8 Å². The fourth-order valence-corrected chi connectivity index (χ4v) is 7.27. The maximum atomic E-state index is 13.9. The molecule has 2 aliphatic heterocycles. The van der Waals surface area contributed by atoms with Gasteiger partial charge in [-0.15, -0.1) is 0 Å². The van der Waals surface area contributed by atoms with Gasteiger partial charge in [0.05, 0.1) is 30.2 Å². The predicted octanol–water partition coefficient (Wildman–Crippen LogP) is 7.72. The first-order chi connectivity index (χ1) is 20.9. The van der Waals surface area contributed by atoms with Crippen LogP contribution in [-0.4, -0.2) is 36.2 Å². The summed E-state index contributed by atoms with van der Waals surface area (Å²) in [6.45, 7) is 2.92. The van der Waals surface area contributed by atoms with Crippen molar-refractivity contribution in [2.45, 2.75) is 45.1 Å². The van der Waals surface area contributed by atoms with Crippen LogP contribution in [0, 0.1) is 17.8 Å². The lowest BCUT2D eigenvalue weighted by Gasteiger charge is -2.31. The van der Waals surface area contributed by atoms with Crippen molar-refractivity contribution in [3.8, 4) is 11.5 Å². The minimum Gasteiger partial charge on any atom is -0.507 e. The molecule has 0 unspecified atom stereocenters. The number of nitrogens with zero attached hydrogens (tertiary/aromatic N) is 1. The smallest absolute Gasteiger partial charge is 0.238 e. The van der Waals surface area contributed by atoms with Gasteiger partial charge in [-0.05, 0) is 79.3 Å². The SMILES string of the molecule is CCC/C(=C\c1cc(Br)ccc1O)CC[C@H]1OC[C@H]2C1=C(COc1ccccc1)C[C@H]1C(=O)N(c3ccccc3)C(=O)[C@H]12. The number of carbonyl (C=O) groups is 2. The maximum absolute atomic E-state index is 13.9. The van der Waals surface area contributed by atoms with E-state index >= 15 is 0 Å². The number of allylic oxidation sites excluding steroid dienone is 1. The number of fused-ring (bicyclic) bond motifs is 3. The number of phenols is 1. The highest BCUT2D eigenvalue weighted by molar-refractivity contribution is 9.10. The standard InChI is InChI=1S/C36H36BrNO5/c1-2-9-23(18-24-19-26(37)15-16-31(24)39)14-17-32-33-25(21-42-28-12-7-4-8-13-28)20-29-34(30(33)22-43-32)36(41)38(35(29)40)27-10-5-3-6-11-27/h3-8,10-13,15-16,18-19,29-30,32,34,39H,2,9,14,17,20-22H2,1H3/b23-18+/t29-,30+,32-,34-/m1/s1. The lowest BCUT2D eigenvalue weighted by Crippen LogP contribution is -2.35. The highest BCUT2D eigenvalue weighted by Crippen LogP contribution is 2.50. The number of amides is 2. The fourth-order valence-electron chi connectivity index (χ4n) is 6.89. The maximum Gasteiger partial charge on any atom is 0.238 e. The molecule has 3 aromatic carbocycles. The topological polar surface area (TPSA) is 76.1 Å². The number of carbonyl (C=O) groups excluding carboxylic acids is 2. The Labute approximate surface area is 261 Å². The second kappa shape index (κ2) is 12.9. The molecule has 3 aliphatic rings. The minimum atomic E-state index is -0.433. The quantitative estimate of drug-likeness (QED) is 0.181. The summed E-state index contributed by atoms with van der Waals surface area (Å²) in [4.78, 5) is 29.0. The van der Waals surface area contributed by atoms with Crippen LogP contribution in [0.2, 0.25) is 0 Å². The molecule has 2 saturated heterocycles. The molecule has 6 nitrogen and oxygen atoms in total. The second-order valence-corrected chi connectivity index (χ2v) is 12.5. The van der Waals surface area contributed by atoms with Gasteiger partial charge in [0, 0.05) is 16.0 Å². The van der Waals surface area contributed by atoms with Gasteiger partial charge in [-0.2, -0.15) is 0 Å². The summed E-state index contributed by atoms with van der Waals surface area (Å²) in [6.07, 6.45) is 5.86. The van der Waals surface area contributed by atoms with Crippen molar-refractivity contribution in [2.75, 3.05) is 18.1 Å². The Kier molecular flexibility index (Phi) is 8.82. The Morgan fingerprint density at radius 2 is 1.74 bits per heavy atom. The largest absolute Gasteiger partial charge is 0.507 e. The molecule has 2 fully saturated rings. The van der Waals surface area contributed by atoms with E-state index in [1.54, 1.807) is 6.07 Å². The zero-order valence-electron chi connectivity index (χ0n) is 24.2. The number of anilines is 1. The van der Waals surface area contributed by atoms with Crippen LogP contribution in [0.1, 0.15) is 44.6 Å². The predicted molar refractivity (Wildman–Crippen MR) is 171 cm³/mol. The number of rotatable bonds is 10. The van der Waals surface area contributed by atoms with Crippen molar-refractivity contribution in [1.29, 1.82) is 0 Å². The third-order valence-electron chi connectivity index (χ3n) is 8.83. The number of halogens is 1. The van der Waals surface area contributed by atoms with Crippen LogP contribution in [0.4, 0.5) is 5.69 Å². The van der Waals surface area contributed by atoms with Crippen LogP contribution in [0.3, 0.4) is 0 Å². The van der Waals surface area contributed by atoms with Crippen LogP contribution in [-0.2, 0) is 14.3 Å². The molecule has 1 aliphatic carbocycles. The molecular formula is C36H36BrNO5. The number of para-hydroxylation sites is 2. The molecule has 0 radical (unpaired) electrons. The summed E-state index contributed by atoms with van der Waals surface area (Å²) in [6, 6.07) is 24.4. The summed E-state index contributed by atoms with van der Waals surface area (Å²) in [5.41, 5.74) is 4.85. The molecule has 1 N–H and O–H groups in total. The molecule has 43 heavy (non-hydrogen) atoms. The molecule has 2 amide bonds. The van der Waals surface area contributed by atoms with Crippen LogP contribution >= 0.6 is 15.9 Å². The van der Waals surface area contributed by atoms with Crippen LogP contribution in [0.15, 0.2) is 100 Å². The second-order valence-electron chi connectivity index (χ2n) is 11.6. The highest BCUT2D eigenvalue weighted by atomic mass is 79.9. The molecule has 222 valence electrons. The molecule has 4 atom stereocenters. The summed E-state index contributed by atoms with van der Waals surface area (Å²) in [5, 5.41) is 10.4. The Balaban J connectivity index is 1.29. The Morgan fingerprint density at radius 3 is 2.49 bits per heavy atom. The third kappa shape index (κ3) is 6.06. The molecule has 3 aromatic rings. The number of hydrogen-bond donors (Lipinski definition) is 1. The number of aromatic hydroxyl groups is 1. The third-order valence-corrected chi connectivity index (χ3v) is 9.32. The van der Waals surface area contributed by atoms with E-state index < -0.39 is 11.8 Å². The highest BCUT2D eigenvalue weighted by Gasteiger charge is 2.57. The zero-order valence-corrected chi connectivity index (χ0v) is 25.8. The molecule has 0 saturated carbocycles. The van der Waals surface area contributed by atoms with Gasteiger partial charge in [0.2, 0.25) is 11.8 Å². The first-order valence-electron chi connectivity index (χ1n) is 15.1. The fraction of sp³-hybridized carbons (Fsp3) is 0.333. The van der Waals surface area contributed by atoms with Gasteiger partial charge in [-0.25, -0.2) is 0 Å². The van der Waals surface area contributed by atoms with Gasteiger partial charge in [0.1, 0.15) is 18.1 Å². The van der Waals surface area contributed by atoms with Crippen LogP contribution in [0.25, 0.3) is 6.08 Å². The molecule has 0 spiro atoms. The molecule has 6 rings (SSSR count). The Bertz CT molecular complexity index is 1550. The van der Waals surface area contributed by atoms with E-state index in [0.717, 1.165) is 52.6 Å². The summed E-state index contributed by atoms with van der Waals surface area (Å²) >= 11 is 3.51. The van der Waals surface area contributed by atoms with E-state index in [0.29, 0.717) is 25.3 Å². The summed E-state index contributed by atoms with van der Waals surface area (Å²) in [7, 11) is 0. The van der Waals surface area contributed by atoms with Gasteiger partial charge in [-0.3, -0.25) is 14.5 Å². The number of ether oxygens (including phenoxy) is 2. The van der Waals surface area contributed by atoms with Gasteiger partial charge >= 0.3 is 0 Å². The van der Waals surface area contributed by atoms with E-state index in [-0.39, 0.29) is 29.6 Å². The monoisotopic (exact) mass is 641 g/mol. The van der Waals surface area contributed by atoms with E-state index in [9.17, 15) is 14.7 Å². The number of hydrogen-bond acceptors (Lipinski definition) is 5. The van der Waals surface area contributed by atoms with Crippen LogP contribution < -0.4 is 9.64 Å². The van der Waals surface area contributed by atoms with Gasteiger partial charge in [0.15, 0.2) is 0 Å². The Hall–Kier alpha value is -3.68. The Morgan fingerprint density at radius 1 is 1.00 bits per heavy atom. The lowest BCUT2D eigenvalue weighted by molar-refractivity contribution is -0.122. The first-order valence-corrected chi connectivity index (χ1v) is 15.9. The van der Waals surface area contributed by atoms with Crippen molar-refractivity contribution >= 4 is 39.5 Å². The molecule has 0 bridgehead atoms. The summed E-state index contributed by atoms with van der Waals surface area (Å²) in [5.74, 6) is -0.258. The summed E-state index contributed by atoms with van der Waals surface area (Å²) < 4.78 is 13.6. The first kappa shape index (κ1) is 29.4. The lowest BCUT2D eigenvalue weighted by atomic mass is 9.69. The van der Waals surface area contributed by atoms with E-state index in [2.05, 4.69) is 28.9 Å². The van der Waals surface area contributed by atoms with Crippen LogP contribution in [0.5, 0.6) is 11.5 Å². The van der Waals surface area contributed by atoms with Crippen molar-refractivity contribution in [3.05, 3.63) is 106 Å². The van der Waals surface area contributed by atoms with E-state index in [4.69, 9.17) is 9.47 Å². The number of phenolic OH excluding ortho intramolecular Hbond substituents is 1. The zero-order chi connectivity index (χ0) is 29.9. The van der Waals surface area contributed by atoms with Gasteiger partial charge in [0.25, 0.3) is 0 Å². The van der Waals surface area contributed by atoms with Gasteiger partial charge in [-0.1, -0.05) is 77.3 Å². The van der Waals surface area contributed by atoms with E-state index in [1.807, 2.05) is 72.8 Å². The average Bonchev–Trinajstić information content (AvgIpc) is 3.55. The minimum absolute atomic E-state index is 0.132. The molecule has 7 heteroatoms. The normalized spacial score (nSPS) is 23.5. The molecular weight excluding hydrogens is 606 g/mol. The van der Waals surface area contributed by atoms with Crippen molar-refractivity contribution < 1.29 is 24.2 Å². The number of benzene rings is 3. The average molecular weight is 643 g/mol.